The smallest absolute Gasteiger partial charge is 0.305 e. The van der Waals surface area contributed by atoms with Crippen LogP contribution in [0, 0.1) is 0 Å². The van der Waals surface area contributed by atoms with Gasteiger partial charge in [-0.05, 0) is 77.0 Å². The van der Waals surface area contributed by atoms with Crippen LogP contribution in [0.25, 0.3) is 0 Å². The predicted molar refractivity (Wildman–Crippen MR) is 255 cm³/mol. The van der Waals surface area contributed by atoms with Gasteiger partial charge in [0.15, 0.2) is 0 Å². The Morgan fingerprint density at radius 2 is 0.864 bits per heavy atom. The average Bonchev–Trinajstić information content (AvgIpc) is 3.24. The topological polar surface area (TPSA) is 95.9 Å². The van der Waals surface area contributed by atoms with Gasteiger partial charge in [-0.2, -0.15) is 0 Å². The molecule has 0 aromatic carbocycles. The van der Waals surface area contributed by atoms with E-state index in [-0.39, 0.29) is 18.5 Å². The molecule has 59 heavy (non-hydrogen) atoms. The Morgan fingerprint density at radius 1 is 0.475 bits per heavy atom. The summed E-state index contributed by atoms with van der Waals surface area (Å²) in [5, 5.41) is 22.9. The number of unbranched alkanes of at least 4 members (excludes halogenated alkanes) is 29. The van der Waals surface area contributed by atoms with Gasteiger partial charge in [0.05, 0.1) is 25.4 Å². The third-order valence-electron chi connectivity index (χ3n) is 11.3. The highest BCUT2D eigenvalue weighted by molar-refractivity contribution is 5.76. The fraction of sp³-hybridized carbons (Fsp3) is 0.811. The maximum Gasteiger partial charge on any atom is 0.305 e. The number of esters is 1. The van der Waals surface area contributed by atoms with Gasteiger partial charge in [-0.15, -0.1) is 0 Å². The number of carbonyl (C=O) groups excluding carboxylic acids is 2. The molecule has 0 aromatic rings. The number of hydrogen-bond acceptors (Lipinski definition) is 5. The van der Waals surface area contributed by atoms with E-state index in [0.29, 0.717) is 25.9 Å². The lowest BCUT2D eigenvalue weighted by Crippen LogP contribution is -2.45. The van der Waals surface area contributed by atoms with Crippen LogP contribution < -0.4 is 5.32 Å². The molecule has 0 aliphatic heterocycles. The molecule has 0 saturated carbocycles. The quantitative estimate of drug-likeness (QED) is 0.0323. The number of rotatable bonds is 46. The molecule has 0 bridgehead atoms. The van der Waals surface area contributed by atoms with Gasteiger partial charge in [-0.3, -0.25) is 9.59 Å². The van der Waals surface area contributed by atoms with Crippen molar-refractivity contribution in [3.63, 3.8) is 0 Å². The van der Waals surface area contributed by atoms with E-state index >= 15 is 0 Å². The van der Waals surface area contributed by atoms with Gasteiger partial charge in [-0.1, -0.05) is 210 Å². The summed E-state index contributed by atoms with van der Waals surface area (Å²) in [6.45, 7) is 4.81. The molecule has 344 valence electrons. The molecule has 0 saturated heterocycles. The van der Waals surface area contributed by atoms with Crippen molar-refractivity contribution in [2.75, 3.05) is 13.2 Å². The van der Waals surface area contributed by atoms with Crippen LogP contribution in [0.4, 0.5) is 0 Å². The largest absolute Gasteiger partial charge is 0.466 e. The molecule has 0 heterocycles. The zero-order valence-electron chi connectivity index (χ0n) is 39.0. The molecule has 6 heteroatoms. The number of hydrogen-bond donors (Lipinski definition) is 3. The van der Waals surface area contributed by atoms with E-state index in [1.807, 2.05) is 12.2 Å². The molecule has 0 fully saturated rings. The van der Waals surface area contributed by atoms with Crippen LogP contribution in [0.3, 0.4) is 0 Å². The van der Waals surface area contributed by atoms with Crippen LogP contribution in [-0.4, -0.2) is 47.4 Å². The summed E-state index contributed by atoms with van der Waals surface area (Å²) >= 11 is 0. The number of ether oxygens (including phenoxy) is 1. The number of carbonyl (C=O) groups is 2. The van der Waals surface area contributed by atoms with Crippen molar-refractivity contribution in [1.29, 1.82) is 0 Å². The standard InChI is InChI=1S/C53H97NO5/c1-3-5-7-9-11-13-15-17-18-19-23-27-31-35-39-43-47-53(58)59-48-44-40-36-32-28-24-20-22-26-30-34-38-42-46-52(57)54-50(49-55)51(56)45-41-37-33-29-25-21-16-14-12-10-8-6-4-2/h18-19,22,26,34,38,41,45,50-51,55-56H,3-17,20-21,23-25,27-33,35-37,39-40,42-44,46-49H2,1-2H3,(H,54,57)/b19-18-,26-22-,38-34-,45-41+. The summed E-state index contributed by atoms with van der Waals surface area (Å²) in [6.07, 6.45) is 59.8. The number of nitrogens with one attached hydrogen (secondary N) is 1. The summed E-state index contributed by atoms with van der Waals surface area (Å²) < 4.78 is 5.45. The molecule has 0 rings (SSSR count). The van der Waals surface area contributed by atoms with Crippen molar-refractivity contribution < 1.29 is 24.5 Å². The Labute approximate surface area is 366 Å². The van der Waals surface area contributed by atoms with E-state index in [1.54, 1.807) is 6.08 Å². The normalized spacial score (nSPS) is 13.1. The first-order valence-electron chi connectivity index (χ1n) is 25.4. The van der Waals surface area contributed by atoms with Crippen molar-refractivity contribution in [2.45, 2.75) is 264 Å². The summed E-state index contributed by atoms with van der Waals surface area (Å²) in [5.74, 6) is -0.178. The maximum absolute atomic E-state index is 12.4. The first-order valence-corrected chi connectivity index (χ1v) is 25.4. The van der Waals surface area contributed by atoms with Gasteiger partial charge in [-0.25, -0.2) is 0 Å². The predicted octanol–water partition coefficient (Wildman–Crippen LogP) is 15.1. The molecule has 3 N–H and O–H groups in total. The van der Waals surface area contributed by atoms with Crippen LogP contribution >= 0.6 is 0 Å². The highest BCUT2D eigenvalue weighted by Crippen LogP contribution is 2.14. The lowest BCUT2D eigenvalue weighted by molar-refractivity contribution is -0.143. The fourth-order valence-electron chi connectivity index (χ4n) is 7.38. The average molecular weight is 828 g/mol. The van der Waals surface area contributed by atoms with Gasteiger partial charge in [0, 0.05) is 12.8 Å². The monoisotopic (exact) mass is 828 g/mol. The number of aliphatic hydroxyl groups is 2. The Hall–Kier alpha value is -2.18. The molecule has 2 atom stereocenters. The second kappa shape index (κ2) is 48.5. The van der Waals surface area contributed by atoms with Crippen LogP contribution in [-0.2, 0) is 14.3 Å². The molecule has 0 aliphatic carbocycles. The van der Waals surface area contributed by atoms with Gasteiger partial charge in [0.25, 0.3) is 0 Å². The molecule has 2 unspecified atom stereocenters. The summed E-state index contributed by atoms with van der Waals surface area (Å²) in [4.78, 5) is 24.4. The number of aliphatic hydroxyl groups excluding tert-OH is 2. The molecule has 6 nitrogen and oxygen atoms in total. The van der Waals surface area contributed by atoms with E-state index in [0.717, 1.165) is 51.4 Å². The van der Waals surface area contributed by atoms with Crippen molar-refractivity contribution in [2.24, 2.45) is 0 Å². The molecular formula is C53H97NO5. The van der Waals surface area contributed by atoms with E-state index in [2.05, 4.69) is 49.5 Å². The third kappa shape index (κ3) is 45.2. The van der Waals surface area contributed by atoms with Crippen molar-refractivity contribution >= 4 is 11.9 Å². The Bertz CT molecular complexity index is 1000. The molecule has 0 aliphatic rings. The highest BCUT2D eigenvalue weighted by atomic mass is 16.5. The highest BCUT2D eigenvalue weighted by Gasteiger charge is 2.17. The van der Waals surface area contributed by atoms with Gasteiger partial charge < -0.3 is 20.3 Å². The Balaban J connectivity index is 3.58. The van der Waals surface area contributed by atoms with Crippen molar-refractivity contribution in [3.8, 4) is 0 Å². The fourth-order valence-corrected chi connectivity index (χ4v) is 7.38. The van der Waals surface area contributed by atoms with Crippen molar-refractivity contribution in [1.82, 2.24) is 5.32 Å². The lowest BCUT2D eigenvalue weighted by atomic mass is 10.0. The Morgan fingerprint density at radius 3 is 1.34 bits per heavy atom. The SMILES string of the molecule is CCCCCCCCC/C=C\CCCCCCCC(=O)OCCCCCCCC/C=C\C/C=C\CCC(=O)NC(CO)C(O)/C=C/CCCCCCCCCCCCC. The second-order valence-electron chi connectivity index (χ2n) is 17.1. The molecule has 0 radical (unpaired) electrons. The zero-order valence-corrected chi connectivity index (χ0v) is 39.0. The minimum absolute atomic E-state index is 0.0269. The van der Waals surface area contributed by atoms with Crippen LogP contribution in [0.2, 0.25) is 0 Å². The van der Waals surface area contributed by atoms with E-state index in [4.69, 9.17) is 4.74 Å². The first-order chi connectivity index (χ1) is 29.0. The number of amides is 1. The second-order valence-corrected chi connectivity index (χ2v) is 17.1. The lowest BCUT2D eigenvalue weighted by Gasteiger charge is -2.19. The van der Waals surface area contributed by atoms with Gasteiger partial charge in [0.1, 0.15) is 0 Å². The Kier molecular flexibility index (Phi) is 46.7. The van der Waals surface area contributed by atoms with E-state index < -0.39 is 12.1 Å². The first kappa shape index (κ1) is 56.8. The van der Waals surface area contributed by atoms with Crippen LogP contribution in [0.5, 0.6) is 0 Å². The maximum atomic E-state index is 12.4. The summed E-state index contributed by atoms with van der Waals surface area (Å²) in [6, 6.07) is -0.672. The minimum atomic E-state index is -0.879. The zero-order chi connectivity index (χ0) is 43.0. The number of allylic oxidation sites excluding steroid dienone is 7. The molecule has 0 aromatic heterocycles. The molecule has 1 amide bonds. The van der Waals surface area contributed by atoms with Crippen LogP contribution in [0.15, 0.2) is 48.6 Å². The molecular weight excluding hydrogens is 731 g/mol. The van der Waals surface area contributed by atoms with Crippen molar-refractivity contribution in [3.05, 3.63) is 48.6 Å². The molecule has 0 spiro atoms. The summed E-state index contributed by atoms with van der Waals surface area (Å²) in [5.41, 5.74) is 0. The van der Waals surface area contributed by atoms with E-state index in [9.17, 15) is 19.8 Å². The summed E-state index contributed by atoms with van der Waals surface area (Å²) in [7, 11) is 0. The van der Waals surface area contributed by atoms with Gasteiger partial charge in [0.2, 0.25) is 5.91 Å². The van der Waals surface area contributed by atoms with Gasteiger partial charge >= 0.3 is 5.97 Å². The minimum Gasteiger partial charge on any atom is -0.466 e. The van der Waals surface area contributed by atoms with E-state index in [1.165, 1.54) is 167 Å². The van der Waals surface area contributed by atoms with Crippen LogP contribution in [0.1, 0.15) is 251 Å². The third-order valence-corrected chi connectivity index (χ3v) is 11.3.